The summed E-state index contributed by atoms with van der Waals surface area (Å²) in [6, 6.07) is 17.4. The predicted molar refractivity (Wildman–Crippen MR) is 113 cm³/mol. The lowest BCUT2D eigenvalue weighted by molar-refractivity contribution is -0.151. The second-order valence-corrected chi connectivity index (χ2v) is 7.92. The number of amides is 2. The van der Waals surface area contributed by atoms with Gasteiger partial charge in [0.2, 0.25) is 5.91 Å². The molecule has 0 bridgehead atoms. The molecule has 0 aromatic heterocycles. The second-order valence-electron chi connectivity index (χ2n) is 7.92. The van der Waals surface area contributed by atoms with Crippen LogP contribution in [0.4, 0.5) is 5.69 Å². The Bertz CT molecular complexity index is 943. The van der Waals surface area contributed by atoms with Crippen LogP contribution in [0, 0.1) is 5.92 Å². The smallest absolute Gasteiger partial charge is 0.311 e. The zero-order valence-corrected chi connectivity index (χ0v) is 17.1. The van der Waals surface area contributed by atoms with E-state index >= 15 is 0 Å². The SMILES string of the molecule is C[C@@H](c1ccccc1)N1C[C@H](C(=O)OCC(=O)N2CCCc3ccccc32)CC1=O. The lowest BCUT2D eigenvalue weighted by Crippen LogP contribution is -2.39. The van der Waals surface area contributed by atoms with E-state index in [-0.39, 0.29) is 30.9 Å². The zero-order valence-electron chi connectivity index (χ0n) is 17.1. The fourth-order valence-electron chi connectivity index (χ4n) is 4.30. The maximum Gasteiger partial charge on any atom is 0.311 e. The van der Waals surface area contributed by atoms with Gasteiger partial charge in [-0.15, -0.1) is 0 Å². The van der Waals surface area contributed by atoms with Crippen LogP contribution < -0.4 is 4.90 Å². The third kappa shape index (κ3) is 4.08. The average molecular weight is 406 g/mol. The summed E-state index contributed by atoms with van der Waals surface area (Å²) in [5.41, 5.74) is 3.05. The Hall–Kier alpha value is -3.15. The Morgan fingerprint density at radius 1 is 1.10 bits per heavy atom. The van der Waals surface area contributed by atoms with Gasteiger partial charge in [-0.3, -0.25) is 14.4 Å². The highest BCUT2D eigenvalue weighted by molar-refractivity contribution is 5.96. The fraction of sp³-hybridized carbons (Fsp3) is 0.375. The number of anilines is 1. The van der Waals surface area contributed by atoms with E-state index in [1.54, 1.807) is 9.80 Å². The minimum absolute atomic E-state index is 0.0652. The quantitative estimate of drug-likeness (QED) is 0.716. The van der Waals surface area contributed by atoms with Crippen LogP contribution in [0.25, 0.3) is 0 Å². The summed E-state index contributed by atoms with van der Waals surface area (Å²) in [5, 5.41) is 0. The summed E-state index contributed by atoms with van der Waals surface area (Å²) in [6.07, 6.45) is 1.95. The summed E-state index contributed by atoms with van der Waals surface area (Å²) in [7, 11) is 0. The van der Waals surface area contributed by atoms with Crippen LogP contribution >= 0.6 is 0 Å². The van der Waals surface area contributed by atoms with Crippen molar-refractivity contribution in [2.75, 3.05) is 24.6 Å². The molecule has 4 rings (SSSR count). The summed E-state index contributed by atoms with van der Waals surface area (Å²) in [4.78, 5) is 41.1. The summed E-state index contributed by atoms with van der Waals surface area (Å²) < 4.78 is 5.33. The average Bonchev–Trinajstić information content (AvgIpc) is 3.18. The van der Waals surface area contributed by atoms with Crippen molar-refractivity contribution in [3.63, 3.8) is 0 Å². The van der Waals surface area contributed by atoms with Gasteiger partial charge in [0.1, 0.15) is 0 Å². The predicted octanol–water partition coefficient (Wildman–Crippen LogP) is 3.12. The van der Waals surface area contributed by atoms with Crippen LogP contribution in [0.2, 0.25) is 0 Å². The number of esters is 1. The molecule has 0 saturated carbocycles. The Kier molecular flexibility index (Phi) is 5.84. The molecule has 0 spiro atoms. The molecule has 1 saturated heterocycles. The number of para-hydroxylation sites is 1. The lowest BCUT2D eigenvalue weighted by atomic mass is 10.0. The summed E-state index contributed by atoms with van der Waals surface area (Å²) in [6.45, 7) is 2.59. The molecule has 0 unspecified atom stereocenters. The molecule has 2 aromatic carbocycles. The third-order valence-electron chi connectivity index (χ3n) is 5.99. The van der Waals surface area contributed by atoms with Crippen LogP contribution in [0.3, 0.4) is 0 Å². The Labute approximate surface area is 176 Å². The van der Waals surface area contributed by atoms with Crippen molar-refractivity contribution in [1.82, 2.24) is 4.90 Å². The van der Waals surface area contributed by atoms with Crippen molar-refractivity contribution in [2.24, 2.45) is 5.92 Å². The Morgan fingerprint density at radius 2 is 1.83 bits per heavy atom. The first-order chi connectivity index (χ1) is 14.5. The number of benzene rings is 2. The normalized spacial score (nSPS) is 19.4. The number of aryl methyl sites for hydroxylation is 1. The molecule has 2 atom stereocenters. The molecule has 6 nitrogen and oxygen atoms in total. The van der Waals surface area contributed by atoms with Gasteiger partial charge < -0.3 is 14.5 Å². The molecule has 2 aliphatic heterocycles. The topological polar surface area (TPSA) is 66.9 Å². The first kappa shape index (κ1) is 20.1. The number of ether oxygens (including phenoxy) is 1. The van der Waals surface area contributed by atoms with Gasteiger partial charge in [-0.2, -0.15) is 0 Å². The first-order valence-electron chi connectivity index (χ1n) is 10.4. The molecule has 156 valence electrons. The molecule has 2 aromatic rings. The number of rotatable bonds is 5. The minimum Gasteiger partial charge on any atom is -0.455 e. The number of hydrogen-bond donors (Lipinski definition) is 0. The monoisotopic (exact) mass is 406 g/mol. The molecule has 1 fully saturated rings. The van der Waals surface area contributed by atoms with E-state index in [9.17, 15) is 14.4 Å². The molecular weight excluding hydrogens is 380 g/mol. The van der Waals surface area contributed by atoms with E-state index in [1.807, 2.05) is 61.5 Å². The van der Waals surface area contributed by atoms with Crippen molar-refractivity contribution < 1.29 is 19.1 Å². The third-order valence-corrected chi connectivity index (χ3v) is 5.99. The van der Waals surface area contributed by atoms with Crippen LogP contribution in [0.15, 0.2) is 54.6 Å². The van der Waals surface area contributed by atoms with Gasteiger partial charge in [0.15, 0.2) is 6.61 Å². The Balaban J connectivity index is 1.34. The number of hydrogen-bond acceptors (Lipinski definition) is 4. The van der Waals surface area contributed by atoms with Crippen LogP contribution in [0.1, 0.15) is 36.9 Å². The van der Waals surface area contributed by atoms with Crippen molar-refractivity contribution >= 4 is 23.5 Å². The fourth-order valence-corrected chi connectivity index (χ4v) is 4.30. The number of carbonyl (C=O) groups excluding carboxylic acids is 3. The zero-order chi connectivity index (χ0) is 21.1. The number of carbonyl (C=O) groups is 3. The van der Waals surface area contributed by atoms with Gasteiger partial charge in [0, 0.05) is 25.2 Å². The molecule has 0 radical (unpaired) electrons. The van der Waals surface area contributed by atoms with Gasteiger partial charge in [-0.1, -0.05) is 48.5 Å². The molecular formula is C24H26N2O4. The van der Waals surface area contributed by atoms with E-state index in [4.69, 9.17) is 4.74 Å². The second kappa shape index (κ2) is 8.69. The molecule has 2 aliphatic rings. The van der Waals surface area contributed by atoms with E-state index in [2.05, 4.69) is 0 Å². The van der Waals surface area contributed by atoms with Crippen molar-refractivity contribution in [1.29, 1.82) is 0 Å². The van der Waals surface area contributed by atoms with Crippen LogP contribution in [0.5, 0.6) is 0 Å². The van der Waals surface area contributed by atoms with Gasteiger partial charge in [-0.25, -0.2) is 0 Å². The molecule has 30 heavy (non-hydrogen) atoms. The maximum atomic E-state index is 12.7. The Morgan fingerprint density at radius 3 is 2.63 bits per heavy atom. The van der Waals surface area contributed by atoms with Gasteiger partial charge in [0.05, 0.1) is 12.0 Å². The number of nitrogens with zero attached hydrogens (tertiary/aromatic N) is 2. The van der Waals surface area contributed by atoms with Crippen LogP contribution in [-0.4, -0.2) is 42.4 Å². The highest BCUT2D eigenvalue weighted by Crippen LogP contribution is 2.29. The molecule has 2 amide bonds. The van der Waals surface area contributed by atoms with Crippen molar-refractivity contribution in [3.05, 3.63) is 65.7 Å². The van der Waals surface area contributed by atoms with Gasteiger partial charge in [0.25, 0.3) is 5.91 Å². The molecule has 0 aliphatic carbocycles. The van der Waals surface area contributed by atoms with E-state index in [1.165, 1.54) is 0 Å². The van der Waals surface area contributed by atoms with E-state index in [0.29, 0.717) is 13.1 Å². The van der Waals surface area contributed by atoms with Crippen molar-refractivity contribution in [3.8, 4) is 0 Å². The van der Waals surface area contributed by atoms with E-state index < -0.39 is 11.9 Å². The largest absolute Gasteiger partial charge is 0.455 e. The van der Waals surface area contributed by atoms with E-state index in [0.717, 1.165) is 29.7 Å². The lowest BCUT2D eigenvalue weighted by Gasteiger charge is -2.29. The highest BCUT2D eigenvalue weighted by atomic mass is 16.5. The van der Waals surface area contributed by atoms with Crippen molar-refractivity contribution in [2.45, 2.75) is 32.2 Å². The molecule has 2 heterocycles. The standard InChI is InChI=1S/C24H26N2O4/c1-17(18-8-3-2-4-9-18)26-15-20(14-22(26)27)24(29)30-16-23(28)25-13-7-11-19-10-5-6-12-21(19)25/h2-6,8-10,12,17,20H,7,11,13-16H2,1H3/t17-,20+/m0/s1. The molecule has 6 heteroatoms. The highest BCUT2D eigenvalue weighted by Gasteiger charge is 2.38. The number of fused-ring (bicyclic) bond motifs is 1. The first-order valence-corrected chi connectivity index (χ1v) is 10.4. The molecule has 0 N–H and O–H groups in total. The van der Waals surface area contributed by atoms with Gasteiger partial charge in [-0.05, 0) is 37.0 Å². The summed E-state index contributed by atoms with van der Waals surface area (Å²) in [5.74, 6) is -1.31. The summed E-state index contributed by atoms with van der Waals surface area (Å²) >= 11 is 0. The maximum absolute atomic E-state index is 12.7. The van der Waals surface area contributed by atoms with Crippen LogP contribution in [-0.2, 0) is 25.5 Å². The number of likely N-dealkylation sites (tertiary alicyclic amines) is 1. The van der Waals surface area contributed by atoms with Gasteiger partial charge >= 0.3 is 5.97 Å². The minimum atomic E-state index is -0.537.